The van der Waals surface area contributed by atoms with Crippen LogP contribution in [0.5, 0.6) is 34.5 Å². The summed E-state index contributed by atoms with van der Waals surface area (Å²) in [5.74, 6) is 4.02. The van der Waals surface area contributed by atoms with Crippen LogP contribution in [-0.4, -0.2) is 139 Å². The molecule has 1 aliphatic heterocycles. The minimum absolute atomic E-state index is 0.0470. The van der Waals surface area contributed by atoms with Crippen LogP contribution in [0.3, 0.4) is 0 Å². The first-order chi connectivity index (χ1) is 49.8. The van der Waals surface area contributed by atoms with E-state index in [4.69, 9.17) is 38.9 Å². The number of alkyl halides is 3. The number of morpholine rings is 1. The number of nitrogens with two attached hydrogens (primary N) is 1. The summed E-state index contributed by atoms with van der Waals surface area (Å²) in [6.45, 7) is 4.65. The molecule has 9 aromatic heterocycles. The normalized spacial score (nSPS) is 12.5. The zero-order valence-corrected chi connectivity index (χ0v) is 54.4. The lowest BCUT2D eigenvalue weighted by molar-refractivity contribution is -0.137. The average molecular weight is 1380 g/mol. The number of hydrogen-bond acceptors (Lipinski definition) is 21. The van der Waals surface area contributed by atoms with E-state index in [0.717, 1.165) is 83.7 Å². The molecule has 0 bridgehead atoms. The second kappa shape index (κ2) is 29.7. The summed E-state index contributed by atoms with van der Waals surface area (Å²) in [6, 6.07) is 51.8. The van der Waals surface area contributed by atoms with E-state index in [1.54, 1.807) is 127 Å². The van der Waals surface area contributed by atoms with Crippen molar-refractivity contribution in [2.24, 2.45) is 5.73 Å². The number of amides is 1. The third kappa shape index (κ3) is 14.9. The number of aromatic nitrogens is 15. The highest BCUT2D eigenvalue weighted by atomic mass is 19.4. The number of primary amides is 1. The second-order valence-corrected chi connectivity index (χ2v) is 22.9. The van der Waals surface area contributed by atoms with Crippen LogP contribution in [0.4, 0.5) is 17.6 Å². The maximum absolute atomic E-state index is 14.9. The van der Waals surface area contributed by atoms with Gasteiger partial charge in [-0.15, -0.1) is 30.6 Å². The molecule has 29 heteroatoms. The van der Waals surface area contributed by atoms with Crippen LogP contribution in [0.1, 0.15) is 33.4 Å². The Morgan fingerprint density at radius 3 is 1.43 bits per heavy atom. The van der Waals surface area contributed by atoms with Gasteiger partial charge < -0.3 is 38.9 Å². The molecule has 0 radical (unpaired) electrons. The lowest BCUT2D eigenvalue weighted by Crippen LogP contribution is -2.38. The predicted molar refractivity (Wildman–Crippen MR) is 366 cm³/mol. The maximum atomic E-state index is 14.9. The molecular weight excluding hydrogens is 1320 g/mol. The van der Waals surface area contributed by atoms with Gasteiger partial charge in [-0.05, 0) is 127 Å². The number of hydrogen-bond donors (Lipinski definition) is 1. The topological polar surface area (TPSA) is 279 Å². The Kier molecular flexibility index (Phi) is 19.3. The lowest BCUT2D eigenvalue weighted by Gasteiger charge is -2.26. The summed E-state index contributed by atoms with van der Waals surface area (Å²) in [5.41, 5.74) is 12.5. The molecule has 1 fully saturated rings. The summed E-state index contributed by atoms with van der Waals surface area (Å²) in [6.07, 6.45) is 0.492. The van der Waals surface area contributed by atoms with Crippen molar-refractivity contribution in [1.82, 2.24) is 79.3 Å². The summed E-state index contributed by atoms with van der Waals surface area (Å²) < 4.78 is 98.5. The van der Waals surface area contributed by atoms with Crippen molar-refractivity contribution in [2.45, 2.75) is 26.0 Å². The molecule has 1 aliphatic rings. The van der Waals surface area contributed by atoms with E-state index in [0.29, 0.717) is 103 Å². The van der Waals surface area contributed by atoms with E-state index < -0.39 is 23.5 Å². The van der Waals surface area contributed by atoms with Gasteiger partial charge in [0.25, 0.3) is 0 Å². The van der Waals surface area contributed by atoms with Crippen LogP contribution in [0.25, 0.3) is 83.4 Å². The van der Waals surface area contributed by atoms with Crippen LogP contribution in [0.2, 0.25) is 0 Å². The quantitative estimate of drug-likeness (QED) is 0.0736. The van der Waals surface area contributed by atoms with Crippen molar-refractivity contribution in [3.63, 3.8) is 0 Å². The number of rotatable bonds is 19. The van der Waals surface area contributed by atoms with Crippen LogP contribution in [-0.2, 0) is 30.7 Å². The molecule has 25 nitrogen and oxygen atoms in total. The van der Waals surface area contributed by atoms with Crippen LogP contribution in [0, 0.1) is 5.82 Å². The van der Waals surface area contributed by atoms with Crippen molar-refractivity contribution >= 4 is 55.6 Å². The Hall–Kier alpha value is -12.9. The highest BCUT2D eigenvalue weighted by molar-refractivity contribution is 5.98. The van der Waals surface area contributed by atoms with E-state index in [1.807, 2.05) is 72.8 Å². The molecule has 2 N–H and O–H groups in total. The Balaban J connectivity index is 0.000000131. The number of fused-ring (bicyclic) bond motifs is 6. The summed E-state index contributed by atoms with van der Waals surface area (Å²) in [7, 11) is 3.20. The fourth-order valence-corrected chi connectivity index (χ4v) is 11.1. The number of carbonyl (C=O) groups is 1. The van der Waals surface area contributed by atoms with Gasteiger partial charge in [0.15, 0.2) is 46.0 Å². The molecule has 512 valence electrons. The Bertz CT molecular complexity index is 5530. The van der Waals surface area contributed by atoms with Crippen LogP contribution in [0.15, 0.2) is 201 Å². The summed E-state index contributed by atoms with van der Waals surface area (Å²) in [4.78, 5) is 26.7. The van der Waals surface area contributed by atoms with E-state index in [9.17, 15) is 22.4 Å². The van der Waals surface area contributed by atoms with Gasteiger partial charge in [-0.2, -0.15) is 42.0 Å². The van der Waals surface area contributed by atoms with Crippen molar-refractivity contribution in [3.05, 3.63) is 235 Å². The first-order valence-corrected chi connectivity index (χ1v) is 31.8. The zero-order valence-electron chi connectivity index (χ0n) is 54.4. The Morgan fingerprint density at radius 1 is 0.480 bits per heavy atom. The van der Waals surface area contributed by atoms with Gasteiger partial charge in [-0.3, -0.25) is 24.6 Å². The van der Waals surface area contributed by atoms with Gasteiger partial charge in [0, 0.05) is 88.8 Å². The van der Waals surface area contributed by atoms with E-state index >= 15 is 0 Å². The lowest BCUT2D eigenvalue weighted by atomic mass is 10.1. The molecule has 6 aromatic carbocycles. The third-order valence-corrected chi connectivity index (χ3v) is 16.4. The molecule has 1 saturated heterocycles. The van der Waals surface area contributed by atoms with Crippen molar-refractivity contribution < 1.29 is 55.5 Å². The smallest absolute Gasteiger partial charge is 0.416 e. The number of ether oxygens (including phenoxy) is 7. The molecule has 0 spiro atoms. The van der Waals surface area contributed by atoms with Crippen molar-refractivity contribution in [2.75, 3.05) is 53.7 Å². The Labute approximate surface area is 576 Å². The Morgan fingerprint density at radius 2 is 0.951 bits per heavy atom. The van der Waals surface area contributed by atoms with E-state index in [-0.39, 0.29) is 25.6 Å². The minimum atomic E-state index is -4.44. The van der Waals surface area contributed by atoms with Crippen LogP contribution >= 0.6 is 0 Å². The molecule has 0 atom stereocenters. The standard InChI is InChI=1S/C28H27FN6O4.C23H16F3N5O2.C22H16N6O2/c1-36-20-3-4-21-24(17-20)30-9-8-25(21)39-18-28-32-31-27-7-5-23(33-35(27)28)19-2-6-26(22(29)16-19)38-15-12-34-10-13-37-14-11-34;1-32-16-5-6-17-19(12-16)27-10-9-20(17)33-13-22-29-28-21-8-7-18(30-31(21)22)14-3-2-4-15(11-14)23(24,25)26;23-22(29)15-6-7-16-18(12-15)24-11-10-19(16)30-13-21-26-25-20-9-8-17(27-28(20)21)14-4-2-1-3-5-14/h2-9,16-17H,10-15,18H2,1H3;2-12H,13H2,1H3;1-12H,13H2,(H2,23,29). The first kappa shape index (κ1) is 66.3. The highest BCUT2D eigenvalue weighted by Crippen LogP contribution is 2.34. The number of halogens is 4. The SMILES string of the molecule is COc1ccc2c(OCc3nnc4ccc(-c5ccc(OCCN6CCOCC6)c(F)c5)nn34)ccnc2c1.COc1ccc2c(OCc3nnc4ccc(-c5cccc(C(F)(F)F)c5)nn34)ccnc2c1.NC(=O)c1ccc2c(OCc3nnc4ccc(-c5ccccc5)nn34)ccnc2c1. The number of pyridine rings is 3. The number of nitrogens with zero attached hydrogens (tertiary/aromatic N) is 16. The maximum Gasteiger partial charge on any atom is 0.416 e. The van der Waals surface area contributed by atoms with Crippen molar-refractivity contribution in [1.29, 1.82) is 0 Å². The van der Waals surface area contributed by atoms with E-state index in [1.165, 1.54) is 16.6 Å². The van der Waals surface area contributed by atoms with Gasteiger partial charge in [0.1, 0.15) is 55.2 Å². The molecular formula is C73H59F4N17O8. The molecule has 102 heavy (non-hydrogen) atoms. The first-order valence-electron chi connectivity index (χ1n) is 31.8. The molecule has 10 heterocycles. The average Bonchev–Trinajstić information content (AvgIpc) is 1.61. The fraction of sp³-hybridized carbons (Fsp3) is 0.164. The summed E-state index contributed by atoms with van der Waals surface area (Å²) in [5, 5.41) is 41.2. The largest absolute Gasteiger partial charge is 0.497 e. The minimum Gasteiger partial charge on any atom is -0.497 e. The van der Waals surface area contributed by atoms with E-state index in [2.05, 4.69) is 65.7 Å². The zero-order chi connectivity index (χ0) is 70.1. The van der Waals surface area contributed by atoms with Gasteiger partial charge in [-0.25, -0.2) is 4.39 Å². The molecule has 15 aromatic rings. The van der Waals surface area contributed by atoms with Gasteiger partial charge in [-0.1, -0.05) is 42.5 Å². The summed E-state index contributed by atoms with van der Waals surface area (Å²) >= 11 is 0. The molecule has 0 saturated carbocycles. The molecule has 0 aliphatic carbocycles. The molecule has 1 amide bonds. The molecule has 16 rings (SSSR count). The van der Waals surface area contributed by atoms with Gasteiger partial charge in [0.2, 0.25) is 5.91 Å². The number of carbonyl (C=O) groups excluding carboxylic acids is 1. The third-order valence-electron chi connectivity index (χ3n) is 16.4. The van der Waals surface area contributed by atoms with Crippen LogP contribution < -0.4 is 34.2 Å². The predicted octanol–water partition coefficient (Wildman–Crippen LogP) is 11.7. The van der Waals surface area contributed by atoms with Gasteiger partial charge >= 0.3 is 6.18 Å². The second-order valence-electron chi connectivity index (χ2n) is 22.9. The molecule has 0 unspecified atom stereocenters. The monoisotopic (exact) mass is 1380 g/mol. The highest BCUT2D eigenvalue weighted by Gasteiger charge is 2.31. The van der Waals surface area contributed by atoms with Crippen molar-refractivity contribution in [3.8, 4) is 68.3 Å². The fourth-order valence-electron chi connectivity index (χ4n) is 11.1. The van der Waals surface area contributed by atoms with Gasteiger partial charge in [0.05, 0.1) is 66.6 Å². The number of methoxy groups -OCH3 is 2. The number of benzene rings is 6.